The van der Waals surface area contributed by atoms with Crippen LogP contribution in [0.1, 0.15) is 65.7 Å². The lowest BCUT2D eigenvalue weighted by atomic mass is 9.93. The Bertz CT molecular complexity index is 289. The van der Waals surface area contributed by atoms with Gasteiger partial charge in [-0.15, -0.1) is 24.0 Å². The quantitative estimate of drug-likeness (QED) is 0.236. The number of likely N-dealkylation sites (tertiary alicyclic amines) is 1. The van der Waals surface area contributed by atoms with Crippen LogP contribution >= 0.6 is 24.0 Å². The second-order valence-corrected chi connectivity index (χ2v) is 6.41. The molecule has 1 heterocycles. The number of hydrogen-bond donors (Lipinski definition) is 2. The minimum Gasteiger partial charge on any atom is -0.357 e. The fourth-order valence-electron chi connectivity index (χ4n) is 3.06. The molecule has 138 valence electrons. The van der Waals surface area contributed by atoms with Gasteiger partial charge in [0.1, 0.15) is 0 Å². The van der Waals surface area contributed by atoms with E-state index in [9.17, 15) is 0 Å². The fraction of sp³-hybridized carbons (Fsp3) is 0.944. The van der Waals surface area contributed by atoms with Crippen LogP contribution in [-0.2, 0) is 0 Å². The summed E-state index contributed by atoms with van der Waals surface area (Å²) in [7, 11) is 0. The van der Waals surface area contributed by atoms with Gasteiger partial charge in [-0.05, 0) is 58.2 Å². The molecule has 0 saturated carbocycles. The number of aliphatic imine (C=N–C) groups is 1. The van der Waals surface area contributed by atoms with Crippen LogP contribution in [0.25, 0.3) is 0 Å². The van der Waals surface area contributed by atoms with E-state index in [1.807, 2.05) is 0 Å². The molecule has 0 aromatic carbocycles. The van der Waals surface area contributed by atoms with Gasteiger partial charge in [0.05, 0.1) is 0 Å². The van der Waals surface area contributed by atoms with Crippen molar-refractivity contribution in [2.24, 2.45) is 10.9 Å². The number of nitrogens with one attached hydrogen (secondary N) is 2. The van der Waals surface area contributed by atoms with Crippen molar-refractivity contribution >= 4 is 29.9 Å². The van der Waals surface area contributed by atoms with Crippen molar-refractivity contribution in [3.05, 3.63) is 0 Å². The number of rotatable bonds is 10. The first-order chi connectivity index (χ1) is 10.8. The average molecular weight is 438 g/mol. The second kappa shape index (κ2) is 15.5. The maximum Gasteiger partial charge on any atom is 0.191 e. The van der Waals surface area contributed by atoms with Gasteiger partial charge >= 0.3 is 0 Å². The van der Waals surface area contributed by atoms with E-state index < -0.39 is 0 Å². The fourth-order valence-corrected chi connectivity index (χ4v) is 3.06. The van der Waals surface area contributed by atoms with Crippen molar-refractivity contribution in [3.8, 4) is 0 Å². The number of unbranched alkanes of at least 4 members (excludes halogenated alkanes) is 3. The molecular weight excluding hydrogens is 399 g/mol. The Morgan fingerprint density at radius 2 is 1.78 bits per heavy atom. The minimum atomic E-state index is 0. The Hall–Kier alpha value is -0.0400. The lowest BCUT2D eigenvalue weighted by Gasteiger charge is -2.31. The van der Waals surface area contributed by atoms with Crippen molar-refractivity contribution < 1.29 is 0 Å². The van der Waals surface area contributed by atoms with Gasteiger partial charge in [0.25, 0.3) is 0 Å². The van der Waals surface area contributed by atoms with Crippen LogP contribution in [0.2, 0.25) is 0 Å². The van der Waals surface area contributed by atoms with Crippen LogP contribution in [0.3, 0.4) is 0 Å². The molecular formula is C18H39IN4. The van der Waals surface area contributed by atoms with E-state index in [0.717, 1.165) is 31.5 Å². The first-order valence-corrected chi connectivity index (χ1v) is 9.54. The summed E-state index contributed by atoms with van der Waals surface area (Å²) in [6, 6.07) is 0. The summed E-state index contributed by atoms with van der Waals surface area (Å²) in [5.41, 5.74) is 0. The number of piperidine rings is 1. The highest BCUT2D eigenvalue weighted by atomic mass is 127. The first kappa shape index (κ1) is 23.0. The van der Waals surface area contributed by atoms with Gasteiger partial charge in [-0.1, -0.05) is 33.1 Å². The third-order valence-electron chi connectivity index (χ3n) is 4.63. The smallest absolute Gasteiger partial charge is 0.191 e. The molecule has 4 nitrogen and oxygen atoms in total. The zero-order valence-corrected chi connectivity index (χ0v) is 17.9. The van der Waals surface area contributed by atoms with E-state index in [2.05, 4.69) is 41.3 Å². The van der Waals surface area contributed by atoms with Crippen LogP contribution in [0.4, 0.5) is 0 Å². The van der Waals surface area contributed by atoms with Crippen LogP contribution in [0.15, 0.2) is 4.99 Å². The monoisotopic (exact) mass is 438 g/mol. The third-order valence-corrected chi connectivity index (χ3v) is 4.63. The van der Waals surface area contributed by atoms with Gasteiger partial charge in [-0.2, -0.15) is 0 Å². The van der Waals surface area contributed by atoms with Crippen LogP contribution in [0.5, 0.6) is 0 Å². The maximum absolute atomic E-state index is 4.68. The highest BCUT2D eigenvalue weighted by molar-refractivity contribution is 14.0. The number of guanidine groups is 1. The van der Waals surface area contributed by atoms with Gasteiger partial charge in [0, 0.05) is 19.6 Å². The molecule has 0 spiro atoms. The van der Waals surface area contributed by atoms with E-state index in [4.69, 9.17) is 0 Å². The molecule has 0 bridgehead atoms. The molecule has 0 aliphatic carbocycles. The summed E-state index contributed by atoms with van der Waals surface area (Å²) in [5, 5.41) is 6.87. The number of halogens is 1. The van der Waals surface area contributed by atoms with Gasteiger partial charge in [0.15, 0.2) is 5.96 Å². The SMILES string of the molecule is CCCCCCN=C(NCC)NCCC1CCN(CC)CC1.I. The van der Waals surface area contributed by atoms with E-state index in [1.54, 1.807) is 0 Å². The topological polar surface area (TPSA) is 39.7 Å². The van der Waals surface area contributed by atoms with Crippen LogP contribution in [0, 0.1) is 5.92 Å². The van der Waals surface area contributed by atoms with Crippen molar-refractivity contribution in [2.75, 3.05) is 39.3 Å². The van der Waals surface area contributed by atoms with Crippen molar-refractivity contribution in [3.63, 3.8) is 0 Å². The molecule has 0 unspecified atom stereocenters. The number of hydrogen-bond acceptors (Lipinski definition) is 2. The van der Waals surface area contributed by atoms with Gasteiger partial charge in [-0.3, -0.25) is 4.99 Å². The predicted molar refractivity (Wildman–Crippen MR) is 113 cm³/mol. The summed E-state index contributed by atoms with van der Waals surface area (Å²) < 4.78 is 0. The second-order valence-electron chi connectivity index (χ2n) is 6.41. The van der Waals surface area contributed by atoms with E-state index in [-0.39, 0.29) is 24.0 Å². The van der Waals surface area contributed by atoms with E-state index in [0.29, 0.717) is 0 Å². The van der Waals surface area contributed by atoms with E-state index in [1.165, 1.54) is 64.6 Å². The Labute approximate surface area is 161 Å². The van der Waals surface area contributed by atoms with Gasteiger partial charge in [0.2, 0.25) is 0 Å². The first-order valence-electron chi connectivity index (χ1n) is 9.54. The zero-order chi connectivity index (χ0) is 16.0. The zero-order valence-electron chi connectivity index (χ0n) is 15.6. The van der Waals surface area contributed by atoms with Crippen LogP contribution < -0.4 is 10.6 Å². The Morgan fingerprint density at radius 1 is 1.04 bits per heavy atom. The summed E-state index contributed by atoms with van der Waals surface area (Å²) in [6.07, 6.45) is 9.13. The predicted octanol–water partition coefficient (Wildman–Crippen LogP) is 3.86. The van der Waals surface area contributed by atoms with Crippen LogP contribution in [-0.4, -0.2) is 50.1 Å². The standard InChI is InChI=1S/C18H38N4.HI/c1-4-7-8-9-13-20-18(19-5-2)21-14-10-17-11-15-22(6-3)16-12-17;/h17H,4-16H2,1-3H3,(H2,19,20,21);1H. The largest absolute Gasteiger partial charge is 0.357 e. The highest BCUT2D eigenvalue weighted by Crippen LogP contribution is 2.19. The Kier molecular flexibility index (Phi) is 15.5. The molecule has 23 heavy (non-hydrogen) atoms. The lowest BCUT2D eigenvalue weighted by Crippen LogP contribution is -2.39. The lowest BCUT2D eigenvalue weighted by molar-refractivity contribution is 0.187. The average Bonchev–Trinajstić information content (AvgIpc) is 2.55. The molecule has 0 radical (unpaired) electrons. The molecule has 1 aliphatic heterocycles. The van der Waals surface area contributed by atoms with Crippen molar-refractivity contribution in [1.29, 1.82) is 0 Å². The third kappa shape index (κ3) is 11.2. The Morgan fingerprint density at radius 3 is 2.39 bits per heavy atom. The summed E-state index contributed by atoms with van der Waals surface area (Å²) in [6.45, 7) is 13.4. The molecule has 2 N–H and O–H groups in total. The molecule has 1 aliphatic rings. The summed E-state index contributed by atoms with van der Waals surface area (Å²) in [4.78, 5) is 7.24. The molecule has 0 amide bonds. The molecule has 0 aromatic rings. The summed E-state index contributed by atoms with van der Waals surface area (Å²) in [5.74, 6) is 1.90. The molecule has 1 rings (SSSR count). The van der Waals surface area contributed by atoms with Gasteiger partial charge in [-0.25, -0.2) is 0 Å². The molecule has 0 aromatic heterocycles. The molecule has 0 atom stereocenters. The molecule has 1 saturated heterocycles. The van der Waals surface area contributed by atoms with Crippen molar-refractivity contribution in [1.82, 2.24) is 15.5 Å². The van der Waals surface area contributed by atoms with Crippen molar-refractivity contribution in [2.45, 2.75) is 65.7 Å². The van der Waals surface area contributed by atoms with Gasteiger partial charge < -0.3 is 15.5 Å². The normalized spacial score (nSPS) is 16.9. The minimum absolute atomic E-state index is 0. The number of nitrogens with zero attached hydrogens (tertiary/aromatic N) is 2. The molecule has 1 fully saturated rings. The Balaban J connectivity index is 0.00000484. The maximum atomic E-state index is 4.68. The summed E-state index contributed by atoms with van der Waals surface area (Å²) >= 11 is 0. The molecule has 5 heteroatoms. The highest BCUT2D eigenvalue weighted by Gasteiger charge is 2.17. The van der Waals surface area contributed by atoms with E-state index >= 15 is 0 Å².